The van der Waals surface area contributed by atoms with Crippen molar-refractivity contribution in [3.8, 4) is 16.9 Å². The molecule has 0 fully saturated rings. The molecule has 0 saturated heterocycles. The molecule has 0 aliphatic carbocycles. The van der Waals surface area contributed by atoms with Gasteiger partial charge < -0.3 is 5.11 Å². The van der Waals surface area contributed by atoms with E-state index >= 15 is 0 Å². The van der Waals surface area contributed by atoms with E-state index in [0.717, 1.165) is 11.1 Å². The molecule has 0 radical (unpaired) electrons. The first-order valence-electron chi connectivity index (χ1n) is 5.14. The highest BCUT2D eigenvalue weighted by Crippen LogP contribution is 2.33. The van der Waals surface area contributed by atoms with Gasteiger partial charge in [0.15, 0.2) is 0 Å². The summed E-state index contributed by atoms with van der Waals surface area (Å²) in [5.74, 6) is -0.188. The SMILES string of the molecule is Cc1cc(C)c(-c2ccccc2O)c(F)c1. The van der Waals surface area contributed by atoms with Crippen LogP contribution in [-0.2, 0) is 0 Å². The number of halogens is 1. The fourth-order valence-corrected chi connectivity index (χ4v) is 1.94. The zero-order chi connectivity index (χ0) is 11.7. The van der Waals surface area contributed by atoms with Crippen molar-refractivity contribution in [3.05, 3.63) is 53.3 Å². The van der Waals surface area contributed by atoms with Crippen LogP contribution in [0.5, 0.6) is 5.75 Å². The van der Waals surface area contributed by atoms with Gasteiger partial charge in [0.2, 0.25) is 0 Å². The lowest BCUT2D eigenvalue weighted by atomic mass is 9.97. The number of phenolic OH excluding ortho intramolecular Hbond substituents is 1. The van der Waals surface area contributed by atoms with Crippen molar-refractivity contribution in [1.82, 2.24) is 0 Å². The molecule has 2 rings (SSSR count). The molecule has 0 bridgehead atoms. The Morgan fingerprint density at radius 1 is 1.06 bits per heavy atom. The number of rotatable bonds is 1. The molecule has 1 N–H and O–H groups in total. The van der Waals surface area contributed by atoms with E-state index in [4.69, 9.17) is 0 Å². The fraction of sp³-hybridized carbons (Fsp3) is 0.143. The van der Waals surface area contributed by atoms with Gasteiger partial charge in [-0.05, 0) is 37.1 Å². The molecule has 0 aliphatic rings. The minimum Gasteiger partial charge on any atom is -0.507 e. The molecule has 2 heteroatoms. The zero-order valence-electron chi connectivity index (χ0n) is 9.29. The van der Waals surface area contributed by atoms with Gasteiger partial charge >= 0.3 is 0 Å². The molecule has 0 amide bonds. The van der Waals surface area contributed by atoms with Crippen molar-refractivity contribution in [2.45, 2.75) is 13.8 Å². The van der Waals surface area contributed by atoms with Crippen LogP contribution < -0.4 is 0 Å². The van der Waals surface area contributed by atoms with Gasteiger partial charge in [0.25, 0.3) is 0 Å². The van der Waals surface area contributed by atoms with Crippen molar-refractivity contribution in [1.29, 1.82) is 0 Å². The van der Waals surface area contributed by atoms with Gasteiger partial charge in [-0.3, -0.25) is 0 Å². The summed E-state index contributed by atoms with van der Waals surface area (Å²) >= 11 is 0. The topological polar surface area (TPSA) is 20.2 Å². The molecule has 1 nitrogen and oxygen atoms in total. The van der Waals surface area contributed by atoms with Crippen molar-refractivity contribution in [2.75, 3.05) is 0 Å². The number of hydrogen-bond donors (Lipinski definition) is 1. The lowest BCUT2D eigenvalue weighted by Gasteiger charge is -2.10. The molecular weight excluding hydrogens is 203 g/mol. The summed E-state index contributed by atoms with van der Waals surface area (Å²) in [7, 11) is 0. The normalized spacial score (nSPS) is 10.4. The van der Waals surface area contributed by atoms with Crippen molar-refractivity contribution >= 4 is 0 Å². The molecule has 0 unspecified atom stereocenters. The molecule has 0 atom stereocenters. The number of para-hydroxylation sites is 1. The highest BCUT2D eigenvalue weighted by molar-refractivity contribution is 5.73. The second-order valence-electron chi connectivity index (χ2n) is 3.96. The Hall–Kier alpha value is -1.83. The maximum Gasteiger partial charge on any atom is 0.131 e. The third-order valence-corrected chi connectivity index (χ3v) is 2.61. The van der Waals surface area contributed by atoms with Crippen molar-refractivity contribution in [2.24, 2.45) is 0 Å². The smallest absolute Gasteiger partial charge is 0.131 e. The predicted octanol–water partition coefficient (Wildman–Crippen LogP) is 3.82. The van der Waals surface area contributed by atoms with Gasteiger partial charge in [-0.25, -0.2) is 4.39 Å². The second kappa shape index (κ2) is 3.97. The zero-order valence-corrected chi connectivity index (χ0v) is 9.29. The van der Waals surface area contributed by atoms with E-state index in [-0.39, 0.29) is 11.6 Å². The quantitative estimate of drug-likeness (QED) is 0.768. The Bertz CT molecular complexity index is 509. The molecule has 2 aromatic carbocycles. The van der Waals surface area contributed by atoms with Gasteiger partial charge in [0.05, 0.1) is 0 Å². The third kappa shape index (κ3) is 1.78. The van der Waals surface area contributed by atoms with Crippen LogP contribution in [0.1, 0.15) is 11.1 Å². The van der Waals surface area contributed by atoms with E-state index in [1.165, 1.54) is 6.07 Å². The van der Waals surface area contributed by atoms with Gasteiger partial charge in [-0.1, -0.05) is 24.3 Å². The molecule has 16 heavy (non-hydrogen) atoms. The monoisotopic (exact) mass is 216 g/mol. The maximum absolute atomic E-state index is 13.9. The minimum atomic E-state index is -0.293. The highest BCUT2D eigenvalue weighted by Gasteiger charge is 2.12. The average molecular weight is 216 g/mol. The summed E-state index contributed by atoms with van der Waals surface area (Å²) in [5.41, 5.74) is 2.73. The Labute approximate surface area is 94.2 Å². The van der Waals surface area contributed by atoms with Crippen LogP contribution in [0, 0.1) is 19.7 Å². The predicted molar refractivity (Wildman–Crippen MR) is 63.0 cm³/mol. The molecule has 0 aromatic heterocycles. The number of aromatic hydroxyl groups is 1. The van der Waals surface area contributed by atoms with Crippen LogP contribution in [0.2, 0.25) is 0 Å². The molecular formula is C14H13FO. The molecule has 0 aliphatic heterocycles. The summed E-state index contributed by atoms with van der Waals surface area (Å²) in [5, 5.41) is 9.72. The van der Waals surface area contributed by atoms with Crippen molar-refractivity contribution < 1.29 is 9.50 Å². The Morgan fingerprint density at radius 2 is 1.75 bits per heavy atom. The van der Waals surface area contributed by atoms with Crippen LogP contribution in [0.25, 0.3) is 11.1 Å². The summed E-state index contributed by atoms with van der Waals surface area (Å²) in [6.07, 6.45) is 0. The summed E-state index contributed by atoms with van der Waals surface area (Å²) in [4.78, 5) is 0. The molecule has 0 heterocycles. The van der Waals surface area contributed by atoms with E-state index in [1.54, 1.807) is 24.3 Å². The first-order chi connectivity index (χ1) is 7.59. The number of hydrogen-bond acceptors (Lipinski definition) is 1. The summed E-state index contributed by atoms with van der Waals surface area (Å²) in [6.45, 7) is 3.70. The molecule has 0 saturated carbocycles. The minimum absolute atomic E-state index is 0.105. The Morgan fingerprint density at radius 3 is 2.38 bits per heavy atom. The fourth-order valence-electron chi connectivity index (χ4n) is 1.94. The van der Waals surface area contributed by atoms with E-state index in [1.807, 2.05) is 19.9 Å². The maximum atomic E-state index is 13.9. The van der Waals surface area contributed by atoms with Crippen LogP contribution in [0.4, 0.5) is 4.39 Å². The van der Waals surface area contributed by atoms with Crippen LogP contribution in [0.3, 0.4) is 0 Å². The lowest BCUT2D eigenvalue weighted by molar-refractivity contribution is 0.476. The lowest BCUT2D eigenvalue weighted by Crippen LogP contribution is -1.91. The molecule has 0 spiro atoms. The second-order valence-corrected chi connectivity index (χ2v) is 3.96. The standard InChI is InChI=1S/C14H13FO/c1-9-7-10(2)14(12(15)8-9)11-5-3-4-6-13(11)16/h3-8,16H,1-2H3. The molecule has 82 valence electrons. The number of phenols is 1. The van der Waals surface area contributed by atoms with Crippen molar-refractivity contribution in [3.63, 3.8) is 0 Å². The van der Waals surface area contributed by atoms with E-state index in [2.05, 4.69) is 0 Å². The number of aryl methyl sites for hydroxylation is 2. The Kier molecular flexibility index (Phi) is 2.65. The summed E-state index contributed by atoms with van der Waals surface area (Å²) in [6, 6.07) is 10.2. The average Bonchev–Trinajstić information content (AvgIpc) is 2.19. The molecule has 2 aromatic rings. The van der Waals surface area contributed by atoms with Gasteiger partial charge in [0, 0.05) is 11.1 Å². The van der Waals surface area contributed by atoms with E-state index < -0.39 is 0 Å². The van der Waals surface area contributed by atoms with E-state index in [9.17, 15) is 9.50 Å². The van der Waals surface area contributed by atoms with Crippen LogP contribution in [-0.4, -0.2) is 5.11 Å². The third-order valence-electron chi connectivity index (χ3n) is 2.61. The first-order valence-corrected chi connectivity index (χ1v) is 5.14. The Balaban J connectivity index is 2.70. The first kappa shape index (κ1) is 10.7. The highest BCUT2D eigenvalue weighted by atomic mass is 19.1. The van der Waals surface area contributed by atoms with Gasteiger partial charge in [-0.15, -0.1) is 0 Å². The summed E-state index contributed by atoms with van der Waals surface area (Å²) < 4.78 is 13.9. The van der Waals surface area contributed by atoms with Gasteiger partial charge in [-0.2, -0.15) is 0 Å². The largest absolute Gasteiger partial charge is 0.507 e. The van der Waals surface area contributed by atoms with Crippen LogP contribution >= 0.6 is 0 Å². The van der Waals surface area contributed by atoms with E-state index in [0.29, 0.717) is 11.1 Å². The van der Waals surface area contributed by atoms with Crippen LogP contribution in [0.15, 0.2) is 36.4 Å². The number of benzene rings is 2. The van der Waals surface area contributed by atoms with Gasteiger partial charge in [0.1, 0.15) is 11.6 Å².